The fourth-order valence-electron chi connectivity index (χ4n) is 3.67. The number of aliphatic hydroxyl groups is 1. The molecule has 0 bridgehead atoms. The van der Waals surface area contributed by atoms with Crippen LogP contribution in [-0.4, -0.2) is 80.1 Å². The first-order chi connectivity index (χ1) is 14.5. The van der Waals surface area contributed by atoms with Crippen LogP contribution in [0.5, 0.6) is 0 Å². The minimum Gasteiger partial charge on any atom is -0.453 e. The van der Waals surface area contributed by atoms with Crippen molar-refractivity contribution < 1.29 is 19.6 Å². The van der Waals surface area contributed by atoms with Gasteiger partial charge in [0.05, 0.1) is 13.7 Å². The topological polar surface area (TPSA) is 178 Å². The maximum absolute atomic E-state index is 10.5. The van der Waals surface area contributed by atoms with Crippen molar-refractivity contribution in [2.45, 2.75) is 64.1 Å². The van der Waals surface area contributed by atoms with Crippen LogP contribution in [0.1, 0.15) is 52.4 Å². The Kier molecular flexibility index (Phi) is 14.4. The van der Waals surface area contributed by atoms with E-state index >= 15 is 0 Å². The second kappa shape index (κ2) is 15.6. The molecule has 11 nitrogen and oxygen atoms in total. The molecule has 0 aromatic heterocycles. The van der Waals surface area contributed by atoms with E-state index in [9.17, 15) is 4.79 Å². The Morgan fingerprint density at radius 3 is 2.63 bits per heavy atom. The van der Waals surface area contributed by atoms with Crippen molar-refractivity contribution in [2.75, 3.05) is 40.4 Å². The van der Waals surface area contributed by atoms with E-state index in [0.717, 1.165) is 58.7 Å². The van der Waals surface area contributed by atoms with Crippen molar-refractivity contribution >= 4 is 18.0 Å². The number of hydrogen-bond donors (Lipinski definition) is 7. The van der Waals surface area contributed by atoms with Gasteiger partial charge in [-0.3, -0.25) is 16.0 Å². The maximum atomic E-state index is 10.5. The van der Waals surface area contributed by atoms with Crippen molar-refractivity contribution in [3.8, 4) is 0 Å². The van der Waals surface area contributed by atoms with Crippen LogP contribution >= 0.6 is 0 Å². The van der Waals surface area contributed by atoms with Crippen molar-refractivity contribution in [3.05, 3.63) is 0 Å². The van der Waals surface area contributed by atoms with Crippen molar-refractivity contribution in [1.29, 1.82) is 0 Å². The maximum Gasteiger partial charge on any atom is 0.406 e. The number of carbonyl (C=O) groups excluding carboxylic acids is 1. The minimum atomic E-state index is -0.353. The highest BCUT2D eigenvalue weighted by molar-refractivity contribution is 5.83. The van der Waals surface area contributed by atoms with Gasteiger partial charge in [0, 0.05) is 26.6 Å². The molecule has 176 valence electrons. The number of hydrogen-bond acceptors (Lipinski definition) is 9. The lowest BCUT2D eigenvalue weighted by molar-refractivity contribution is -0.504. The van der Waals surface area contributed by atoms with E-state index < -0.39 is 0 Å². The van der Waals surface area contributed by atoms with Crippen LogP contribution in [0.25, 0.3) is 0 Å². The number of unbranched alkanes of at least 4 members (excludes halogenated alkanes) is 3. The smallest absolute Gasteiger partial charge is 0.406 e. The first-order valence-electron chi connectivity index (χ1n) is 10.7. The van der Waals surface area contributed by atoms with Crippen LogP contribution in [0.3, 0.4) is 0 Å². The predicted octanol–water partition coefficient (Wildman–Crippen LogP) is -2.03. The molecule has 1 spiro atoms. The van der Waals surface area contributed by atoms with E-state index in [-0.39, 0.29) is 17.8 Å². The number of aliphatic imine (C=N–C) groups is 1. The summed E-state index contributed by atoms with van der Waals surface area (Å²) in [6.07, 6.45) is 6.17. The Hall–Kier alpha value is -2.27. The summed E-state index contributed by atoms with van der Waals surface area (Å²) in [4.78, 5) is 20.2. The van der Waals surface area contributed by atoms with E-state index in [1.807, 2.05) is 13.8 Å². The number of amides is 1. The third-order valence-electron chi connectivity index (χ3n) is 4.98. The highest BCUT2D eigenvalue weighted by Gasteiger charge is 2.57. The number of ether oxygens (including phenoxy) is 1. The molecule has 0 aromatic rings. The van der Waals surface area contributed by atoms with Crippen LogP contribution in [0.4, 0.5) is 4.79 Å². The highest BCUT2D eigenvalue weighted by atomic mass is 16.5. The average molecular weight is 432 g/mol. The van der Waals surface area contributed by atoms with E-state index in [1.165, 1.54) is 7.11 Å². The molecular weight excluding hydrogens is 388 g/mol. The normalized spacial score (nSPS) is 22.7. The Balaban J connectivity index is 0.000000488. The Labute approximate surface area is 180 Å². The summed E-state index contributed by atoms with van der Waals surface area (Å²) in [5.74, 6) is 1.29. The first kappa shape index (κ1) is 27.7. The molecule has 0 aliphatic carbocycles. The second-order valence-corrected chi connectivity index (χ2v) is 6.74. The molecule has 1 unspecified atom stereocenters. The fraction of sp³-hybridized carbons (Fsp3) is 0.842. The summed E-state index contributed by atoms with van der Waals surface area (Å²) in [5, 5.41) is 12.9. The Morgan fingerprint density at radius 2 is 2.00 bits per heavy atom. The van der Waals surface area contributed by atoms with Crippen LogP contribution in [0.15, 0.2) is 4.99 Å². The van der Waals surface area contributed by atoms with Crippen molar-refractivity contribution in [1.82, 2.24) is 15.5 Å². The Morgan fingerprint density at radius 1 is 1.33 bits per heavy atom. The number of aliphatic hydroxyl groups excluding tert-OH is 1. The molecular formula is C19H43N8O3+. The number of alkyl carbamates (subject to hydrolysis) is 1. The van der Waals surface area contributed by atoms with Crippen molar-refractivity contribution in [3.63, 3.8) is 0 Å². The van der Waals surface area contributed by atoms with E-state index in [1.54, 1.807) is 0 Å². The number of carbonyl (C=O) groups is 1. The minimum absolute atomic E-state index is 0.101. The van der Waals surface area contributed by atoms with Gasteiger partial charge >= 0.3 is 12.1 Å². The van der Waals surface area contributed by atoms with Gasteiger partial charge in [0.15, 0.2) is 11.6 Å². The molecule has 0 radical (unpaired) electrons. The van der Waals surface area contributed by atoms with Gasteiger partial charge in [0.25, 0.3) is 0 Å². The molecule has 0 saturated carbocycles. The summed E-state index contributed by atoms with van der Waals surface area (Å²) in [5.41, 5.74) is 16.9. The molecule has 2 atom stereocenters. The van der Waals surface area contributed by atoms with Gasteiger partial charge < -0.3 is 31.5 Å². The molecule has 3 heterocycles. The average Bonchev–Trinajstić information content (AvgIpc) is 3.35. The zero-order valence-electron chi connectivity index (χ0n) is 19.0. The van der Waals surface area contributed by atoms with Crippen LogP contribution in [-0.2, 0) is 4.74 Å². The lowest BCUT2D eigenvalue weighted by Gasteiger charge is -2.39. The third-order valence-corrected chi connectivity index (χ3v) is 4.98. The molecule has 3 rings (SSSR count). The zero-order valence-corrected chi connectivity index (χ0v) is 19.0. The van der Waals surface area contributed by atoms with Gasteiger partial charge in [0.1, 0.15) is 6.04 Å². The molecule has 1 amide bonds. The summed E-state index contributed by atoms with van der Waals surface area (Å²) < 4.78 is 4.41. The number of nitrogens with one attached hydrogen (secondary N) is 3. The van der Waals surface area contributed by atoms with Gasteiger partial charge in [-0.25, -0.2) is 9.79 Å². The lowest BCUT2D eigenvalue weighted by atomic mass is 9.97. The largest absolute Gasteiger partial charge is 0.453 e. The van der Waals surface area contributed by atoms with Crippen LogP contribution < -0.4 is 32.8 Å². The quantitative estimate of drug-likeness (QED) is 0.235. The lowest BCUT2D eigenvalue weighted by Crippen LogP contribution is -2.84. The third kappa shape index (κ3) is 7.86. The summed E-state index contributed by atoms with van der Waals surface area (Å²) >= 11 is 0. The van der Waals surface area contributed by atoms with Gasteiger partial charge in [-0.05, 0) is 25.8 Å². The highest BCUT2D eigenvalue weighted by Crippen LogP contribution is 2.31. The van der Waals surface area contributed by atoms with Crippen LogP contribution in [0, 0.1) is 0 Å². The zero-order chi connectivity index (χ0) is 23.0. The molecule has 1 saturated heterocycles. The molecule has 0 aromatic carbocycles. The monoisotopic (exact) mass is 431 g/mol. The van der Waals surface area contributed by atoms with Gasteiger partial charge in [-0.2, -0.15) is 0 Å². The number of nitrogens with two attached hydrogens (primary N) is 3. The predicted molar refractivity (Wildman–Crippen MR) is 120 cm³/mol. The molecule has 3 aliphatic rings. The standard InChI is InChI=1S/C8H14N6.C8H18N2O2.C2H6.CH4O/c9-6-12-5-4-11-7(10)14-3-1-2-8(5,14)13-6;1-12-8(11)10-7-5-3-2-4-6-9;2*1-2/h5H,1-4H2,(H2,10,11)(H3,9,12,13);2-7,9H2,1H3,(H,10,11);1-2H3;2H,1H3/p+1/t5?,8-;;;/m1.../s1. The van der Waals surface area contributed by atoms with E-state index in [4.69, 9.17) is 22.3 Å². The molecule has 3 aliphatic heterocycles. The van der Waals surface area contributed by atoms with E-state index in [2.05, 4.69) is 30.3 Å². The Bertz CT molecular complexity index is 544. The second-order valence-electron chi connectivity index (χ2n) is 6.74. The van der Waals surface area contributed by atoms with Gasteiger partial charge in [-0.1, -0.05) is 26.7 Å². The summed E-state index contributed by atoms with van der Waals surface area (Å²) in [6.45, 7) is 7.12. The first-order valence-corrected chi connectivity index (χ1v) is 10.7. The van der Waals surface area contributed by atoms with Crippen LogP contribution in [0.2, 0.25) is 0 Å². The number of guanidine groups is 2. The fourth-order valence-corrected chi connectivity index (χ4v) is 3.67. The molecule has 11 heteroatoms. The summed E-state index contributed by atoms with van der Waals surface area (Å²) in [7, 11) is 2.36. The van der Waals surface area contributed by atoms with E-state index in [0.29, 0.717) is 25.0 Å². The number of methoxy groups -OCH3 is 1. The number of nitrogens with zero attached hydrogens (tertiary/aromatic N) is 2. The SMILES string of the molecule is CC.CO.COC(=O)NCCCCCCN.NC1=NCC2[NH+]=C(N)N[C@@]23CCCN13. The molecule has 1 fully saturated rings. The summed E-state index contributed by atoms with van der Waals surface area (Å²) in [6, 6.07) is 0.261. The number of rotatable bonds is 6. The van der Waals surface area contributed by atoms with Crippen molar-refractivity contribution in [2.24, 2.45) is 22.2 Å². The van der Waals surface area contributed by atoms with Gasteiger partial charge in [0.2, 0.25) is 0 Å². The van der Waals surface area contributed by atoms with Gasteiger partial charge in [-0.15, -0.1) is 0 Å². The molecule has 10 N–H and O–H groups in total. The molecule has 30 heavy (non-hydrogen) atoms.